The van der Waals surface area contributed by atoms with Gasteiger partial charge >= 0.3 is 0 Å². The minimum Gasteiger partial charge on any atom is -0.357 e. The van der Waals surface area contributed by atoms with Crippen molar-refractivity contribution in [3.63, 3.8) is 0 Å². The molecule has 0 bridgehead atoms. The Hall–Kier alpha value is -0.820. The highest BCUT2D eigenvalue weighted by atomic mass is 32.2. The molecule has 7 heteroatoms. The molecule has 0 atom stereocenters. The van der Waals surface area contributed by atoms with Crippen molar-refractivity contribution < 1.29 is 8.42 Å². The highest BCUT2D eigenvalue weighted by Crippen LogP contribution is 2.35. The summed E-state index contributed by atoms with van der Waals surface area (Å²) in [5, 5.41) is 6.85. The monoisotopic (exact) mass is 400 g/mol. The van der Waals surface area contributed by atoms with Crippen molar-refractivity contribution in [3.05, 3.63) is 0 Å². The first-order chi connectivity index (χ1) is 12.7. The largest absolute Gasteiger partial charge is 0.357 e. The zero-order valence-corrected chi connectivity index (χ0v) is 18.6. The van der Waals surface area contributed by atoms with Gasteiger partial charge in [-0.2, -0.15) is 0 Å². The summed E-state index contributed by atoms with van der Waals surface area (Å²) in [6.07, 6.45) is 11.7. The fourth-order valence-corrected chi connectivity index (χ4v) is 4.46. The van der Waals surface area contributed by atoms with Crippen molar-refractivity contribution >= 4 is 15.8 Å². The van der Waals surface area contributed by atoms with Crippen LogP contribution in [0.3, 0.4) is 0 Å². The fourth-order valence-electron chi connectivity index (χ4n) is 4.16. The molecule has 6 nitrogen and oxygen atoms in total. The van der Waals surface area contributed by atoms with E-state index < -0.39 is 14.6 Å². The summed E-state index contributed by atoms with van der Waals surface area (Å²) in [4.78, 5) is 7.32. The third-order valence-corrected chi connectivity index (χ3v) is 8.50. The minimum absolute atomic E-state index is 0.223. The Labute approximate surface area is 166 Å². The van der Waals surface area contributed by atoms with Crippen LogP contribution in [0.2, 0.25) is 0 Å². The van der Waals surface area contributed by atoms with E-state index in [0.717, 1.165) is 19.0 Å². The third-order valence-electron chi connectivity index (χ3n) is 6.36. The van der Waals surface area contributed by atoms with Crippen LogP contribution < -0.4 is 10.6 Å². The van der Waals surface area contributed by atoms with E-state index in [1.54, 1.807) is 13.8 Å². The molecule has 1 aliphatic heterocycles. The van der Waals surface area contributed by atoms with Crippen molar-refractivity contribution in [2.24, 2.45) is 4.99 Å². The molecular weight excluding hydrogens is 360 g/mol. The molecule has 1 saturated carbocycles. The van der Waals surface area contributed by atoms with Crippen molar-refractivity contribution in [2.45, 2.75) is 82.4 Å². The van der Waals surface area contributed by atoms with Gasteiger partial charge in [0.2, 0.25) is 0 Å². The summed E-state index contributed by atoms with van der Waals surface area (Å²) in [7, 11) is -3.15. The fraction of sp³-hybridized carbons (Fsp3) is 0.950. The van der Waals surface area contributed by atoms with Crippen LogP contribution in [0.25, 0.3) is 0 Å². The second-order valence-electron chi connectivity index (χ2n) is 8.91. The summed E-state index contributed by atoms with van der Waals surface area (Å²) < 4.78 is 23.1. The van der Waals surface area contributed by atoms with Crippen molar-refractivity contribution in [3.8, 4) is 0 Å². The predicted octanol–water partition coefficient (Wildman–Crippen LogP) is 2.55. The molecule has 0 aromatic carbocycles. The van der Waals surface area contributed by atoms with Crippen LogP contribution in [-0.2, 0) is 9.84 Å². The maximum atomic E-state index is 12.0. The summed E-state index contributed by atoms with van der Waals surface area (Å²) in [5.41, 5.74) is 0.223. The number of likely N-dealkylation sites (tertiary alicyclic amines) is 1. The highest BCUT2D eigenvalue weighted by molar-refractivity contribution is 7.92. The maximum Gasteiger partial charge on any atom is 0.191 e. The molecule has 27 heavy (non-hydrogen) atoms. The van der Waals surface area contributed by atoms with E-state index in [0.29, 0.717) is 0 Å². The van der Waals surface area contributed by atoms with Gasteiger partial charge in [-0.05, 0) is 59.5 Å². The number of piperidine rings is 1. The Balaban J connectivity index is 2.08. The van der Waals surface area contributed by atoms with Gasteiger partial charge in [-0.3, -0.25) is 9.89 Å². The number of nitrogens with zero attached hydrogens (tertiary/aromatic N) is 2. The van der Waals surface area contributed by atoms with E-state index in [1.807, 2.05) is 6.92 Å². The van der Waals surface area contributed by atoms with Gasteiger partial charge in [0.25, 0.3) is 0 Å². The smallest absolute Gasteiger partial charge is 0.191 e. The quantitative estimate of drug-likeness (QED) is 0.507. The van der Waals surface area contributed by atoms with Crippen molar-refractivity contribution in [1.29, 1.82) is 0 Å². The topological polar surface area (TPSA) is 73.8 Å². The standard InChI is InChI=1S/C20H40N4O2S/c1-5-21-18(22-16-19(2,3)27(4,25)26)23-17-20(12-8-6-9-13-20)24-14-10-7-11-15-24/h5-17H2,1-4H3,(H2,21,22,23). The second kappa shape index (κ2) is 9.59. The number of guanidine groups is 1. The number of rotatable bonds is 7. The molecule has 0 radical (unpaired) electrons. The third kappa shape index (κ3) is 6.08. The molecule has 2 aliphatic rings. The Morgan fingerprint density at radius 3 is 2.19 bits per heavy atom. The average Bonchev–Trinajstić information content (AvgIpc) is 2.64. The second-order valence-corrected chi connectivity index (χ2v) is 11.6. The maximum absolute atomic E-state index is 12.0. The first kappa shape index (κ1) is 22.5. The normalized spacial score (nSPS) is 22.4. The summed E-state index contributed by atoms with van der Waals surface area (Å²) in [6.45, 7) is 9.85. The lowest BCUT2D eigenvalue weighted by Gasteiger charge is -2.48. The zero-order chi connectivity index (χ0) is 20.0. The van der Waals surface area contributed by atoms with Gasteiger partial charge in [-0.1, -0.05) is 25.7 Å². The Kier molecular flexibility index (Phi) is 7.98. The Bertz CT molecular complexity index is 589. The summed E-state index contributed by atoms with van der Waals surface area (Å²) in [6, 6.07) is 0. The molecule has 2 fully saturated rings. The molecule has 2 N–H and O–H groups in total. The van der Waals surface area contributed by atoms with Gasteiger partial charge in [-0.25, -0.2) is 8.42 Å². The van der Waals surface area contributed by atoms with Gasteiger partial charge in [0.05, 0.1) is 11.3 Å². The van der Waals surface area contributed by atoms with Crippen molar-refractivity contribution in [1.82, 2.24) is 15.5 Å². The van der Waals surface area contributed by atoms with Gasteiger partial charge < -0.3 is 10.6 Å². The van der Waals surface area contributed by atoms with E-state index in [1.165, 1.54) is 70.7 Å². The molecule has 0 aromatic rings. The number of aliphatic imine (C=N–C) groups is 1. The van der Waals surface area contributed by atoms with Crippen LogP contribution in [0.4, 0.5) is 0 Å². The molecule has 0 amide bonds. The molecule has 1 aliphatic carbocycles. The van der Waals surface area contributed by atoms with Crippen LogP contribution >= 0.6 is 0 Å². The molecule has 2 rings (SSSR count). The molecule has 0 spiro atoms. The molecule has 0 unspecified atom stereocenters. The van der Waals surface area contributed by atoms with E-state index in [2.05, 4.69) is 20.5 Å². The predicted molar refractivity (Wildman–Crippen MR) is 114 cm³/mol. The van der Waals surface area contributed by atoms with Crippen LogP contribution in [-0.4, -0.2) is 68.5 Å². The number of sulfone groups is 1. The minimum atomic E-state index is -3.15. The molecule has 0 aromatic heterocycles. The highest BCUT2D eigenvalue weighted by Gasteiger charge is 2.38. The lowest BCUT2D eigenvalue weighted by atomic mass is 9.79. The Morgan fingerprint density at radius 2 is 1.63 bits per heavy atom. The van der Waals surface area contributed by atoms with Crippen LogP contribution in [0.1, 0.15) is 72.1 Å². The van der Waals surface area contributed by atoms with E-state index in [4.69, 9.17) is 0 Å². The zero-order valence-electron chi connectivity index (χ0n) is 17.8. The van der Waals surface area contributed by atoms with Crippen LogP contribution in [0, 0.1) is 0 Å². The van der Waals surface area contributed by atoms with E-state index in [-0.39, 0.29) is 12.1 Å². The lowest BCUT2D eigenvalue weighted by Crippen LogP contribution is -2.59. The van der Waals surface area contributed by atoms with Gasteiger partial charge in [-0.15, -0.1) is 0 Å². The average molecular weight is 401 g/mol. The molecule has 1 saturated heterocycles. The number of hydrogen-bond acceptors (Lipinski definition) is 4. The first-order valence-electron chi connectivity index (χ1n) is 10.7. The Morgan fingerprint density at radius 1 is 1.04 bits per heavy atom. The SMILES string of the molecule is CCNC(=NCC(C)(C)S(C)(=O)=O)NCC1(N2CCCCC2)CCCCC1. The van der Waals surface area contributed by atoms with Crippen LogP contribution in [0.5, 0.6) is 0 Å². The van der Waals surface area contributed by atoms with Crippen molar-refractivity contribution in [2.75, 3.05) is 39.0 Å². The molecule has 1 heterocycles. The first-order valence-corrected chi connectivity index (χ1v) is 12.6. The molecular formula is C20H40N4O2S. The summed E-state index contributed by atoms with van der Waals surface area (Å²) in [5.74, 6) is 0.733. The summed E-state index contributed by atoms with van der Waals surface area (Å²) >= 11 is 0. The van der Waals surface area contributed by atoms with E-state index in [9.17, 15) is 8.42 Å². The van der Waals surface area contributed by atoms with Crippen LogP contribution in [0.15, 0.2) is 4.99 Å². The van der Waals surface area contributed by atoms with E-state index >= 15 is 0 Å². The number of nitrogens with one attached hydrogen (secondary N) is 2. The number of hydrogen-bond donors (Lipinski definition) is 2. The van der Waals surface area contributed by atoms with Gasteiger partial charge in [0.1, 0.15) is 0 Å². The van der Waals surface area contributed by atoms with Gasteiger partial charge in [0.15, 0.2) is 15.8 Å². The molecule has 158 valence electrons. The van der Waals surface area contributed by atoms with Gasteiger partial charge in [0, 0.05) is 24.9 Å². The lowest BCUT2D eigenvalue weighted by molar-refractivity contribution is 0.0368.